The maximum absolute atomic E-state index is 14.0. The molecule has 0 aliphatic carbocycles. The molecule has 0 unspecified atom stereocenters. The molecule has 0 aliphatic heterocycles. The second-order valence-electron chi connectivity index (χ2n) is 8.32. The molecule has 0 bridgehead atoms. The smallest absolute Gasteiger partial charge is 0.340 e. The summed E-state index contributed by atoms with van der Waals surface area (Å²) in [6, 6.07) is 28.5. The fraction of sp³-hybridized carbons (Fsp3) is 0.0323. The Morgan fingerprint density at radius 1 is 0.568 bits per heavy atom. The van der Waals surface area contributed by atoms with Crippen LogP contribution in [0.15, 0.2) is 109 Å². The minimum atomic E-state index is -0.692. The zero-order valence-corrected chi connectivity index (χ0v) is 19.9. The molecule has 37 heavy (non-hydrogen) atoms. The van der Waals surface area contributed by atoms with Crippen LogP contribution in [0, 0.1) is 0 Å². The predicted octanol–water partition coefficient (Wildman–Crippen LogP) is 5.42. The number of carbonyl (C=O) groups excluding carboxylic acids is 4. The van der Waals surface area contributed by atoms with Gasteiger partial charge in [-0.1, -0.05) is 91.0 Å². The number of pyridine rings is 1. The summed E-state index contributed by atoms with van der Waals surface area (Å²) < 4.78 is 6.44. The van der Waals surface area contributed by atoms with Crippen LogP contribution in [0.4, 0.5) is 0 Å². The summed E-state index contributed by atoms with van der Waals surface area (Å²) >= 11 is 0. The highest BCUT2D eigenvalue weighted by atomic mass is 16.5. The van der Waals surface area contributed by atoms with Gasteiger partial charge in [0.2, 0.25) is 5.78 Å². The van der Waals surface area contributed by atoms with Gasteiger partial charge in [0.1, 0.15) is 5.69 Å². The van der Waals surface area contributed by atoms with Crippen LogP contribution in [0.3, 0.4) is 0 Å². The first-order chi connectivity index (χ1) is 18.0. The summed E-state index contributed by atoms with van der Waals surface area (Å²) in [7, 11) is 1.24. The lowest BCUT2D eigenvalue weighted by Gasteiger charge is -2.08. The van der Waals surface area contributed by atoms with Gasteiger partial charge in [0.05, 0.1) is 29.3 Å². The number of ether oxygens (including phenoxy) is 1. The number of carbonyl (C=O) groups is 4. The van der Waals surface area contributed by atoms with Crippen molar-refractivity contribution >= 4 is 28.8 Å². The predicted molar refractivity (Wildman–Crippen MR) is 138 cm³/mol. The van der Waals surface area contributed by atoms with E-state index in [1.54, 1.807) is 103 Å². The van der Waals surface area contributed by atoms with E-state index in [9.17, 15) is 19.2 Å². The summed E-state index contributed by atoms with van der Waals surface area (Å²) in [5, 5.41) is 0. The second-order valence-corrected chi connectivity index (χ2v) is 8.32. The minimum absolute atomic E-state index is 0.0000808. The van der Waals surface area contributed by atoms with Gasteiger partial charge in [-0.15, -0.1) is 0 Å². The number of aromatic nitrogens is 1. The molecule has 0 radical (unpaired) electrons. The molecule has 0 saturated carbocycles. The van der Waals surface area contributed by atoms with Crippen molar-refractivity contribution < 1.29 is 23.9 Å². The number of rotatable bonds is 7. The van der Waals surface area contributed by atoms with E-state index < -0.39 is 23.3 Å². The Morgan fingerprint density at radius 2 is 1.03 bits per heavy atom. The van der Waals surface area contributed by atoms with Crippen molar-refractivity contribution in [3.8, 4) is 0 Å². The molecule has 0 aliphatic rings. The van der Waals surface area contributed by atoms with Gasteiger partial charge in [-0.25, -0.2) is 4.79 Å². The van der Waals surface area contributed by atoms with E-state index in [4.69, 9.17) is 4.74 Å². The molecule has 180 valence electrons. The first-order valence-corrected chi connectivity index (χ1v) is 11.6. The minimum Gasteiger partial charge on any atom is -0.465 e. The normalized spacial score (nSPS) is 10.7. The van der Waals surface area contributed by atoms with E-state index >= 15 is 0 Å². The number of ketones is 3. The van der Waals surface area contributed by atoms with Crippen LogP contribution in [0.25, 0.3) is 5.52 Å². The van der Waals surface area contributed by atoms with Crippen LogP contribution in [0.1, 0.15) is 58.3 Å². The molecule has 0 amide bonds. The molecule has 0 fully saturated rings. The van der Waals surface area contributed by atoms with Crippen molar-refractivity contribution in [2.24, 2.45) is 0 Å². The van der Waals surface area contributed by atoms with Gasteiger partial charge in [-0.3, -0.25) is 14.4 Å². The Bertz CT molecular complexity index is 1650. The summed E-state index contributed by atoms with van der Waals surface area (Å²) in [6.45, 7) is 0. The van der Waals surface area contributed by atoms with Crippen LogP contribution >= 0.6 is 0 Å². The third kappa shape index (κ3) is 4.15. The van der Waals surface area contributed by atoms with Crippen LogP contribution in [-0.2, 0) is 4.74 Å². The molecule has 0 N–H and O–H groups in total. The highest BCUT2D eigenvalue weighted by Gasteiger charge is 2.34. The van der Waals surface area contributed by atoms with Crippen molar-refractivity contribution in [3.63, 3.8) is 0 Å². The highest BCUT2D eigenvalue weighted by Crippen LogP contribution is 2.33. The maximum atomic E-state index is 14.0. The second kappa shape index (κ2) is 9.87. The molecule has 2 heterocycles. The largest absolute Gasteiger partial charge is 0.465 e. The van der Waals surface area contributed by atoms with Gasteiger partial charge in [0, 0.05) is 22.9 Å². The van der Waals surface area contributed by atoms with Gasteiger partial charge in [0.25, 0.3) is 0 Å². The standard InChI is InChI=1S/C31H21NO5/c1-37-31(36)23-18-11-19-32-26(23)24(28(33)20-12-5-2-6-13-20)25(29(34)21-14-7-3-8-15-21)27(32)30(35)22-16-9-4-10-17-22/h2-19H,1H3. The van der Waals surface area contributed by atoms with E-state index in [-0.39, 0.29) is 27.9 Å². The molecule has 5 rings (SSSR count). The van der Waals surface area contributed by atoms with E-state index in [0.717, 1.165) is 0 Å². The van der Waals surface area contributed by atoms with Crippen molar-refractivity contribution in [2.45, 2.75) is 0 Å². The number of hydrogen-bond donors (Lipinski definition) is 0. The van der Waals surface area contributed by atoms with Crippen LogP contribution in [-0.4, -0.2) is 34.8 Å². The first-order valence-electron chi connectivity index (χ1n) is 11.6. The first kappa shape index (κ1) is 23.6. The van der Waals surface area contributed by atoms with Crippen LogP contribution in [0.5, 0.6) is 0 Å². The van der Waals surface area contributed by atoms with Gasteiger partial charge in [0.15, 0.2) is 11.6 Å². The third-order valence-corrected chi connectivity index (χ3v) is 6.14. The Balaban J connectivity index is 1.94. The molecule has 0 saturated heterocycles. The molecule has 0 spiro atoms. The molecule has 6 nitrogen and oxygen atoms in total. The van der Waals surface area contributed by atoms with Gasteiger partial charge in [-0.05, 0) is 12.1 Å². The average Bonchev–Trinajstić information content (AvgIpc) is 3.32. The van der Waals surface area contributed by atoms with E-state index in [2.05, 4.69) is 0 Å². The monoisotopic (exact) mass is 487 g/mol. The maximum Gasteiger partial charge on any atom is 0.340 e. The van der Waals surface area contributed by atoms with Crippen molar-refractivity contribution in [1.29, 1.82) is 0 Å². The van der Waals surface area contributed by atoms with Crippen LogP contribution < -0.4 is 0 Å². The molecule has 3 aromatic carbocycles. The Hall–Kier alpha value is -5.10. The topological polar surface area (TPSA) is 81.9 Å². The van der Waals surface area contributed by atoms with Crippen LogP contribution in [0.2, 0.25) is 0 Å². The fourth-order valence-corrected chi connectivity index (χ4v) is 4.44. The molecular weight excluding hydrogens is 466 g/mol. The zero-order valence-electron chi connectivity index (χ0n) is 19.9. The number of esters is 1. The Labute approximate surface area is 212 Å². The summed E-state index contributed by atoms with van der Waals surface area (Å²) in [4.78, 5) is 54.8. The lowest BCUT2D eigenvalue weighted by Crippen LogP contribution is -2.15. The number of benzene rings is 3. The summed E-state index contributed by atoms with van der Waals surface area (Å²) in [5.74, 6) is -2.13. The van der Waals surface area contributed by atoms with E-state index in [1.807, 2.05) is 0 Å². The lowest BCUT2D eigenvalue weighted by molar-refractivity contribution is 0.0602. The molecule has 2 aromatic heterocycles. The quantitative estimate of drug-likeness (QED) is 0.226. The Morgan fingerprint density at radius 3 is 1.51 bits per heavy atom. The number of methoxy groups -OCH3 is 1. The zero-order chi connectivity index (χ0) is 25.9. The fourth-order valence-electron chi connectivity index (χ4n) is 4.44. The molecule has 5 aromatic rings. The summed E-state index contributed by atoms with van der Waals surface area (Å²) in [5.41, 5.74) is 1.08. The highest BCUT2D eigenvalue weighted by molar-refractivity contribution is 6.29. The van der Waals surface area contributed by atoms with Crippen molar-refractivity contribution in [1.82, 2.24) is 4.40 Å². The lowest BCUT2D eigenvalue weighted by atomic mass is 9.91. The number of hydrogen-bond acceptors (Lipinski definition) is 5. The Kier molecular flexibility index (Phi) is 6.31. The van der Waals surface area contributed by atoms with Crippen molar-refractivity contribution in [3.05, 3.63) is 148 Å². The number of fused-ring (bicyclic) bond motifs is 1. The molecule has 6 heteroatoms. The van der Waals surface area contributed by atoms with Gasteiger partial charge in [-0.2, -0.15) is 0 Å². The van der Waals surface area contributed by atoms with Gasteiger partial charge < -0.3 is 9.14 Å². The summed E-state index contributed by atoms with van der Waals surface area (Å²) in [6.07, 6.45) is 1.57. The average molecular weight is 488 g/mol. The van der Waals surface area contributed by atoms with Crippen molar-refractivity contribution in [2.75, 3.05) is 7.11 Å². The van der Waals surface area contributed by atoms with Gasteiger partial charge >= 0.3 is 5.97 Å². The van der Waals surface area contributed by atoms with E-state index in [1.165, 1.54) is 17.6 Å². The number of nitrogens with zero attached hydrogens (tertiary/aromatic N) is 1. The SMILES string of the molecule is COC(=O)c1cccn2c(C(=O)c3ccccc3)c(C(=O)c3ccccc3)c(C(=O)c3ccccc3)c12. The third-order valence-electron chi connectivity index (χ3n) is 6.14. The molecular formula is C31H21NO5. The molecule has 0 atom stereocenters. The van der Waals surface area contributed by atoms with E-state index in [0.29, 0.717) is 16.7 Å².